The number of amides is 1. The van der Waals surface area contributed by atoms with E-state index in [0.717, 1.165) is 37.3 Å². The molecule has 2 aliphatic rings. The first-order valence-electron chi connectivity index (χ1n) is 8.29. The largest absolute Gasteiger partial charge is 0.377 e. The van der Waals surface area contributed by atoms with Gasteiger partial charge in [0.1, 0.15) is 12.4 Å². The lowest BCUT2D eigenvalue weighted by Crippen LogP contribution is -2.35. The lowest BCUT2D eigenvalue weighted by atomic mass is 9.78. The zero-order chi connectivity index (χ0) is 16.2. The average molecular weight is 319 g/mol. The van der Waals surface area contributed by atoms with E-state index in [-0.39, 0.29) is 5.91 Å². The van der Waals surface area contributed by atoms with Crippen molar-refractivity contribution in [1.82, 2.24) is 14.9 Å². The minimum atomic E-state index is 0.249. The van der Waals surface area contributed by atoms with Crippen molar-refractivity contribution in [1.29, 1.82) is 0 Å². The Balaban J connectivity index is 1.61. The van der Waals surface area contributed by atoms with E-state index in [1.165, 1.54) is 0 Å². The number of rotatable bonds is 7. The fraction of sp³-hybridized carbons (Fsp3) is 0.688. The summed E-state index contributed by atoms with van der Waals surface area (Å²) in [6, 6.07) is 2.29. The van der Waals surface area contributed by atoms with Crippen LogP contribution in [0.4, 0.5) is 5.82 Å². The lowest BCUT2D eigenvalue weighted by Gasteiger charge is -2.32. The third-order valence-corrected chi connectivity index (χ3v) is 4.52. The summed E-state index contributed by atoms with van der Waals surface area (Å²) in [7, 11) is 1.64. The zero-order valence-electron chi connectivity index (χ0n) is 13.6. The lowest BCUT2D eigenvalue weighted by molar-refractivity contribution is -0.127. The number of nitrogens with two attached hydrogens (primary N) is 1. The van der Waals surface area contributed by atoms with Gasteiger partial charge in [-0.1, -0.05) is 0 Å². The molecule has 1 saturated heterocycles. The molecule has 126 valence electrons. The molecule has 1 saturated carbocycles. The molecule has 0 atom stereocenters. The van der Waals surface area contributed by atoms with Gasteiger partial charge in [0.25, 0.3) is 0 Å². The highest BCUT2D eigenvalue weighted by molar-refractivity contribution is 5.78. The molecule has 2 heterocycles. The van der Waals surface area contributed by atoms with E-state index in [9.17, 15) is 4.79 Å². The molecular formula is C16H25N5O2. The summed E-state index contributed by atoms with van der Waals surface area (Å²) < 4.78 is 5.16. The Labute approximate surface area is 136 Å². The maximum atomic E-state index is 11.6. The van der Waals surface area contributed by atoms with Crippen molar-refractivity contribution in [3.05, 3.63) is 17.6 Å². The fourth-order valence-electron chi connectivity index (χ4n) is 3.17. The molecule has 0 aromatic carbocycles. The van der Waals surface area contributed by atoms with Gasteiger partial charge >= 0.3 is 0 Å². The highest BCUT2D eigenvalue weighted by Crippen LogP contribution is 2.35. The van der Waals surface area contributed by atoms with Gasteiger partial charge in [0, 0.05) is 56.9 Å². The number of anilines is 1. The minimum absolute atomic E-state index is 0.249. The Morgan fingerprint density at radius 3 is 2.91 bits per heavy atom. The smallest absolute Gasteiger partial charge is 0.222 e. The molecule has 0 unspecified atom stereocenters. The van der Waals surface area contributed by atoms with Gasteiger partial charge in [-0.05, 0) is 19.3 Å². The van der Waals surface area contributed by atoms with E-state index in [1.807, 2.05) is 11.0 Å². The van der Waals surface area contributed by atoms with Crippen molar-refractivity contribution >= 4 is 11.7 Å². The maximum absolute atomic E-state index is 11.6. The fourth-order valence-corrected chi connectivity index (χ4v) is 3.17. The number of ether oxygens (including phenoxy) is 1. The van der Waals surface area contributed by atoms with E-state index in [0.29, 0.717) is 43.9 Å². The summed E-state index contributed by atoms with van der Waals surface area (Å²) in [5.41, 5.74) is 6.92. The van der Waals surface area contributed by atoms with Crippen LogP contribution in [-0.2, 0) is 16.1 Å². The van der Waals surface area contributed by atoms with Gasteiger partial charge in [-0.15, -0.1) is 0 Å². The van der Waals surface area contributed by atoms with Gasteiger partial charge in [0.2, 0.25) is 5.91 Å². The third kappa shape index (κ3) is 3.97. The van der Waals surface area contributed by atoms with Crippen molar-refractivity contribution in [2.24, 2.45) is 5.73 Å². The van der Waals surface area contributed by atoms with Gasteiger partial charge in [0.05, 0.1) is 0 Å². The Morgan fingerprint density at radius 1 is 1.43 bits per heavy atom. The van der Waals surface area contributed by atoms with E-state index in [2.05, 4.69) is 15.3 Å². The Morgan fingerprint density at radius 2 is 2.26 bits per heavy atom. The van der Waals surface area contributed by atoms with Gasteiger partial charge < -0.3 is 20.7 Å². The molecule has 1 aromatic rings. The highest BCUT2D eigenvalue weighted by Gasteiger charge is 2.29. The summed E-state index contributed by atoms with van der Waals surface area (Å²) in [6.45, 7) is 2.67. The molecule has 0 spiro atoms. The van der Waals surface area contributed by atoms with Gasteiger partial charge in [-0.3, -0.25) is 4.79 Å². The number of carbonyl (C=O) groups is 1. The van der Waals surface area contributed by atoms with Crippen molar-refractivity contribution in [2.45, 2.75) is 44.2 Å². The van der Waals surface area contributed by atoms with Crippen LogP contribution >= 0.6 is 0 Å². The van der Waals surface area contributed by atoms with E-state index in [1.54, 1.807) is 7.11 Å². The predicted molar refractivity (Wildman–Crippen MR) is 87.0 cm³/mol. The van der Waals surface area contributed by atoms with E-state index in [4.69, 9.17) is 10.5 Å². The van der Waals surface area contributed by atoms with Crippen LogP contribution in [-0.4, -0.2) is 53.6 Å². The summed E-state index contributed by atoms with van der Waals surface area (Å²) in [6.07, 6.45) is 3.60. The molecule has 23 heavy (non-hydrogen) atoms. The summed E-state index contributed by atoms with van der Waals surface area (Å²) >= 11 is 0. The summed E-state index contributed by atoms with van der Waals surface area (Å²) in [5, 5.41) is 3.31. The topological polar surface area (TPSA) is 93.4 Å². The van der Waals surface area contributed by atoms with Gasteiger partial charge in [-0.25, -0.2) is 9.97 Å². The summed E-state index contributed by atoms with van der Waals surface area (Å²) in [4.78, 5) is 22.6. The number of aromatic nitrogens is 2. The number of methoxy groups -OCH3 is 1. The number of nitrogens with zero attached hydrogens (tertiary/aromatic N) is 3. The minimum Gasteiger partial charge on any atom is -0.377 e. The van der Waals surface area contributed by atoms with Crippen molar-refractivity contribution < 1.29 is 9.53 Å². The Kier molecular flexibility index (Phi) is 5.07. The molecule has 3 N–H and O–H groups in total. The molecule has 3 rings (SSSR count). The van der Waals surface area contributed by atoms with Gasteiger partial charge in [0.15, 0.2) is 5.82 Å². The number of nitrogens with one attached hydrogen (secondary N) is 1. The number of hydrogen-bond acceptors (Lipinski definition) is 6. The molecule has 1 aromatic heterocycles. The Hall–Kier alpha value is -1.73. The first-order chi connectivity index (χ1) is 11.2. The molecule has 1 aliphatic heterocycles. The molecule has 1 amide bonds. The number of likely N-dealkylation sites (tertiary alicyclic amines) is 1. The van der Waals surface area contributed by atoms with Crippen molar-refractivity contribution in [3.8, 4) is 0 Å². The van der Waals surface area contributed by atoms with Crippen molar-refractivity contribution in [3.63, 3.8) is 0 Å². The van der Waals surface area contributed by atoms with Crippen LogP contribution < -0.4 is 11.1 Å². The Bertz CT molecular complexity index is 559. The summed E-state index contributed by atoms with van der Waals surface area (Å²) in [5.74, 6) is 2.16. The second kappa shape index (κ2) is 7.23. The normalized spacial score (nSPS) is 23.9. The monoisotopic (exact) mass is 319 g/mol. The van der Waals surface area contributed by atoms with E-state index >= 15 is 0 Å². The van der Waals surface area contributed by atoms with E-state index < -0.39 is 0 Å². The number of carbonyl (C=O) groups excluding carboxylic acids is 1. The third-order valence-electron chi connectivity index (χ3n) is 4.52. The van der Waals surface area contributed by atoms with Crippen LogP contribution in [0.1, 0.15) is 43.1 Å². The van der Waals surface area contributed by atoms with Crippen LogP contribution in [0.15, 0.2) is 6.07 Å². The van der Waals surface area contributed by atoms with Crippen LogP contribution in [0.3, 0.4) is 0 Å². The van der Waals surface area contributed by atoms with Gasteiger partial charge in [-0.2, -0.15) is 0 Å². The molecule has 2 fully saturated rings. The maximum Gasteiger partial charge on any atom is 0.222 e. The molecule has 7 nitrogen and oxygen atoms in total. The number of hydrogen-bond donors (Lipinski definition) is 2. The van der Waals surface area contributed by atoms with Crippen LogP contribution in [0.25, 0.3) is 0 Å². The molecule has 1 aliphatic carbocycles. The molecular weight excluding hydrogens is 294 g/mol. The second-order valence-corrected chi connectivity index (χ2v) is 6.37. The predicted octanol–water partition coefficient (Wildman–Crippen LogP) is 0.862. The van der Waals surface area contributed by atoms with Crippen LogP contribution in [0, 0.1) is 0 Å². The molecule has 0 bridgehead atoms. The second-order valence-electron chi connectivity index (χ2n) is 6.37. The zero-order valence-corrected chi connectivity index (χ0v) is 13.6. The molecule has 0 radical (unpaired) electrons. The first kappa shape index (κ1) is 16.1. The standard InChI is InChI=1S/C16H25N5O2/c1-23-10-15-19-13(11-7-12(17)8-11)9-14(20-15)18-4-6-21-5-2-3-16(21)22/h9,11-12H,2-8,10,17H2,1H3,(H,18,19,20). The average Bonchev–Trinajstić information content (AvgIpc) is 2.90. The van der Waals surface area contributed by atoms with Crippen LogP contribution in [0.5, 0.6) is 0 Å². The SMILES string of the molecule is COCc1nc(NCCN2CCCC2=O)cc(C2CC(N)C2)n1. The first-order valence-corrected chi connectivity index (χ1v) is 8.29. The van der Waals surface area contributed by atoms with Crippen molar-refractivity contribution in [2.75, 3.05) is 32.1 Å². The quantitative estimate of drug-likeness (QED) is 0.774. The highest BCUT2D eigenvalue weighted by atomic mass is 16.5. The molecule has 7 heteroatoms. The van der Waals surface area contributed by atoms with Crippen LogP contribution in [0.2, 0.25) is 0 Å².